The lowest BCUT2D eigenvalue weighted by molar-refractivity contribution is 0.212. The summed E-state index contributed by atoms with van der Waals surface area (Å²) in [5.74, 6) is 0.606. The Kier molecular flexibility index (Phi) is 4.44. The molecule has 0 amide bonds. The van der Waals surface area contributed by atoms with Crippen LogP contribution in [-0.4, -0.2) is 26.4 Å². The third-order valence-electron chi connectivity index (χ3n) is 1.19. The number of rotatable bonds is 2. The van der Waals surface area contributed by atoms with Gasteiger partial charge in [0.05, 0.1) is 0 Å². The zero-order valence-electron chi connectivity index (χ0n) is 5.33. The summed E-state index contributed by atoms with van der Waals surface area (Å²) >= 11 is 0. The van der Waals surface area contributed by atoms with E-state index in [1.54, 1.807) is 7.11 Å². The van der Waals surface area contributed by atoms with Crippen molar-refractivity contribution in [3.05, 3.63) is 0 Å². The number of nitrogens with zero attached hydrogens (tertiary/aromatic N) is 1. The fourth-order valence-electron chi connectivity index (χ4n) is 0.563. The standard InChI is InChI=1S/C5H10N2O.ClH/c1-8-7-4-5-2-6-3-5;/h4-6H,2-3H2,1H3;1H. The number of nitrogens with one attached hydrogen (secondary N) is 1. The van der Waals surface area contributed by atoms with E-state index in [2.05, 4.69) is 15.3 Å². The average molecular weight is 151 g/mol. The van der Waals surface area contributed by atoms with E-state index >= 15 is 0 Å². The van der Waals surface area contributed by atoms with Gasteiger partial charge in [0.15, 0.2) is 0 Å². The van der Waals surface area contributed by atoms with Gasteiger partial charge in [-0.3, -0.25) is 0 Å². The minimum Gasteiger partial charge on any atom is -0.399 e. The lowest BCUT2D eigenvalue weighted by atomic mass is 10.1. The second kappa shape index (κ2) is 4.58. The Bertz CT molecular complexity index is 93.0. The van der Waals surface area contributed by atoms with Gasteiger partial charge in [-0.15, -0.1) is 12.4 Å². The molecule has 1 aliphatic rings. The van der Waals surface area contributed by atoms with Crippen LogP contribution in [0.5, 0.6) is 0 Å². The Morgan fingerprint density at radius 2 is 2.33 bits per heavy atom. The van der Waals surface area contributed by atoms with Crippen LogP contribution in [0.15, 0.2) is 5.16 Å². The van der Waals surface area contributed by atoms with Crippen LogP contribution in [0.25, 0.3) is 0 Å². The molecule has 3 nitrogen and oxygen atoms in total. The van der Waals surface area contributed by atoms with Gasteiger partial charge in [-0.1, -0.05) is 5.16 Å². The summed E-state index contributed by atoms with van der Waals surface area (Å²) in [6.07, 6.45) is 1.83. The van der Waals surface area contributed by atoms with Gasteiger partial charge in [0.1, 0.15) is 7.11 Å². The first kappa shape index (κ1) is 8.72. The van der Waals surface area contributed by atoms with Crippen LogP contribution in [0.2, 0.25) is 0 Å². The molecule has 1 aliphatic heterocycles. The van der Waals surface area contributed by atoms with Crippen LogP contribution in [0.4, 0.5) is 0 Å². The predicted molar refractivity (Wildman–Crippen MR) is 39.1 cm³/mol. The molecule has 0 radical (unpaired) electrons. The lowest BCUT2D eigenvalue weighted by Gasteiger charge is -2.21. The first-order chi connectivity index (χ1) is 3.93. The maximum atomic E-state index is 4.49. The zero-order valence-corrected chi connectivity index (χ0v) is 6.15. The van der Waals surface area contributed by atoms with Crippen molar-refractivity contribution in [1.82, 2.24) is 5.32 Å². The van der Waals surface area contributed by atoms with Gasteiger partial charge < -0.3 is 10.2 Å². The van der Waals surface area contributed by atoms with Gasteiger partial charge >= 0.3 is 0 Å². The molecule has 0 aromatic rings. The minimum atomic E-state index is 0. The van der Waals surface area contributed by atoms with E-state index in [-0.39, 0.29) is 12.4 Å². The van der Waals surface area contributed by atoms with Crippen molar-refractivity contribution >= 4 is 18.6 Å². The van der Waals surface area contributed by atoms with Crippen LogP contribution < -0.4 is 5.32 Å². The number of oxime groups is 1. The molecule has 0 aromatic carbocycles. The van der Waals surface area contributed by atoms with Crippen LogP contribution in [0, 0.1) is 5.92 Å². The topological polar surface area (TPSA) is 33.6 Å². The maximum Gasteiger partial charge on any atom is 0.106 e. The molecule has 1 N–H and O–H groups in total. The molecule has 0 aliphatic carbocycles. The highest BCUT2D eigenvalue weighted by Crippen LogP contribution is 1.97. The maximum absolute atomic E-state index is 4.49. The van der Waals surface area contributed by atoms with Gasteiger partial charge in [-0.2, -0.15) is 0 Å². The molecule has 1 rings (SSSR count). The van der Waals surface area contributed by atoms with Gasteiger partial charge in [0, 0.05) is 25.2 Å². The Balaban J connectivity index is 0.000000640. The van der Waals surface area contributed by atoms with E-state index in [0.29, 0.717) is 5.92 Å². The van der Waals surface area contributed by atoms with Crippen molar-refractivity contribution in [3.63, 3.8) is 0 Å². The van der Waals surface area contributed by atoms with E-state index in [4.69, 9.17) is 0 Å². The molecule has 4 heteroatoms. The quantitative estimate of drug-likeness (QED) is 0.453. The van der Waals surface area contributed by atoms with E-state index in [0.717, 1.165) is 13.1 Å². The van der Waals surface area contributed by atoms with Crippen LogP contribution >= 0.6 is 12.4 Å². The summed E-state index contributed by atoms with van der Waals surface area (Å²) in [4.78, 5) is 4.49. The van der Waals surface area contributed by atoms with Crippen molar-refractivity contribution in [3.8, 4) is 0 Å². The molecule has 0 saturated carbocycles. The van der Waals surface area contributed by atoms with E-state index in [9.17, 15) is 0 Å². The zero-order chi connectivity index (χ0) is 5.82. The molecule has 9 heavy (non-hydrogen) atoms. The summed E-state index contributed by atoms with van der Waals surface area (Å²) in [6.45, 7) is 2.10. The lowest BCUT2D eigenvalue weighted by Crippen LogP contribution is -2.42. The SMILES string of the molecule is CON=CC1CNC1.Cl. The normalized spacial score (nSPS) is 18.8. The molecule has 0 unspecified atom stereocenters. The summed E-state index contributed by atoms with van der Waals surface area (Å²) < 4.78 is 0. The van der Waals surface area contributed by atoms with Gasteiger partial charge in [-0.05, 0) is 0 Å². The Morgan fingerprint density at radius 3 is 2.67 bits per heavy atom. The van der Waals surface area contributed by atoms with Crippen LogP contribution in [0.1, 0.15) is 0 Å². The fourth-order valence-corrected chi connectivity index (χ4v) is 0.563. The molecule has 0 atom stereocenters. The van der Waals surface area contributed by atoms with Crippen molar-refractivity contribution < 1.29 is 4.84 Å². The second-order valence-corrected chi connectivity index (χ2v) is 1.86. The third-order valence-corrected chi connectivity index (χ3v) is 1.19. The number of hydrogen-bond donors (Lipinski definition) is 1. The smallest absolute Gasteiger partial charge is 0.106 e. The van der Waals surface area contributed by atoms with E-state index in [1.807, 2.05) is 6.21 Å². The van der Waals surface area contributed by atoms with Gasteiger partial charge in [0.2, 0.25) is 0 Å². The molecule has 0 aromatic heterocycles. The summed E-state index contributed by atoms with van der Waals surface area (Å²) in [5.41, 5.74) is 0. The summed E-state index contributed by atoms with van der Waals surface area (Å²) in [6, 6.07) is 0. The van der Waals surface area contributed by atoms with E-state index < -0.39 is 0 Å². The molecule has 1 heterocycles. The van der Waals surface area contributed by atoms with Crippen LogP contribution in [-0.2, 0) is 4.84 Å². The predicted octanol–water partition coefficient (Wildman–Crippen LogP) is 0.260. The average Bonchev–Trinajstić information content (AvgIpc) is 1.63. The highest BCUT2D eigenvalue weighted by Gasteiger charge is 2.13. The second-order valence-electron chi connectivity index (χ2n) is 1.86. The largest absolute Gasteiger partial charge is 0.399 e. The van der Waals surface area contributed by atoms with Crippen molar-refractivity contribution in [1.29, 1.82) is 0 Å². The van der Waals surface area contributed by atoms with Crippen molar-refractivity contribution in [2.75, 3.05) is 20.2 Å². The van der Waals surface area contributed by atoms with Crippen LogP contribution in [0.3, 0.4) is 0 Å². The van der Waals surface area contributed by atoms with Crippen molar-refractivity contribution in [2.24, 2.45) is 11.1 Å². The Labute approximate surface area is 60.9 Å². The Hall–Kier alpha value is -0.280. The summed E-state index contributed by atoms with van der Waals surface area (Å²) in [7, 11) is 1.56. The van der Waals surface area contributed by atoms with Gasteiger partial charge in [-0.25, -0.2) is 0 Å². The Morgan fingerprint density at radius 1 is 1.67 bits per heavy atom. The fraction of sp³-hybridized carbons (Fsp3) is 0.800. The first-order valence-electron chi connectivity index (χ1n) is 2.71. The molecule has 1 saturated heterocycles. The van der Waals surface area contributed by atoms with Gasteiger partial charge in [0.25, 0.3) is 0 Å². The summed E-state index contributed by atoms with van der Waals surface area (Å²) in [5, 5.41) is 6.75. The number of halogens is 1. The highest BCUT2D eigenvalue weighted by molar-refractivity contribution is 5.85. The molecule has 54 valence electrons. The number of hydrogen-bond acceptors (Lipinski definition) is 3. The molecule has 0 spiro atoms. The molecule has 0 bridgehead atoms. The highest BCUT2D eigenvalue weighted by atomic mass is 35.5. The monoisotopic (exact) mass is 150 g/mol. The first-order valence-corrected chi connectivity index (χ1v) is 2.71. The van der Waals surface area contributed by atoms with Crippen molar-refractivity contribution in [2.45, 2.75) is 0 Å². The molecule has 1 fully saturated rings. The molecular formula is C5H11ClN2O. The third kappa shape index (κ3) is 2.67. The minimum absolute atomic E-state index is 0. The molecular weight excluding hydrogens is 140 g/mol. The van der Waals surface area contributed by atoms with E-state index in [1.165, 1.54) is 0 Å².